The number of hydrogen-bond acceptors (Lipinski definition) is 4. The van der Waals surface area contributed by atoms with Gasteiger partial charge in [-0.25, -0.2) is 0 Å². The van der Waals surface area contributed by atoms with Gasteiger partial charge in [0.1, 0.15) is 0 Å². The van der Waals surface area contributed by atoms with Crippen LogP contribution in [0.1, 0.15) is 24.3 Å². The SMILES string of the molecule is CC(NC(=O)c1cc(-c2ccccc2Cl)on1)C(C)C(=O)O. The topological polar surface area (TPSA) is 92.4 Å². The lowest BCUT2D eigenvalue weighted by atomic mass is 10.0. The van der Waals surface area contributed by atoms with Crippen LogP contribution in [0.2, 0.25) is 5.02 Å². The molecule has 2 N–H and O–H groups in total. The van der Waals surface area contributed by atoms with E-state index in [1.807, 2.05) is 0 Å². The second-order valence-electron chi connectivity index (χ2n) is 4.95. The average molecular weight is 323 g/mol. The number of amides is 1. The van der Waals surface area contributed by atoms with Crippen molar-refractivity contribution in [2.24, 2.45) is 5.92 Å². The summed E-state index contributed by atoms with van der Waals surface area (Å²) in [6, 6.07) is 7.96. The highest BCUT2D eigenvalue weighted by atomic mass is 35.5. The van der Waals surface area contributed by atoms with Crippen molar-refractivity contribution >= 4 is 23.5 Å². The fourth-order valence-corrected chi connectivity index (χ4v) is 2.02. The lowest BCUT2D eigenvalue weighted by molar-refractivity contribution is -0.141. The second-order valence-corrected chi connectivity index (χ2v) is 5.35. The van der Waals surface area contributed by atoms with Gasteiger partial charge in [0.15, 0.2) is 11.5 Å². The Bertz CT molecular complexity index is 698. The maximum absolute atomic E-state index is 12.1. The molecule has 0 aliphatic carbocycles. The van der Waals surface area contributed by atoms with Crippen LogP contribution in [0.4, 0.5) is 0 Å². The Morgan fingerprint density at radius 2 is 2.00 bits per heavy atom. The molecule has 0 radical (unpaired) electrons. The molecule has 0 fully saturated rings. The number of carboxylic acid groups (broad SMARTS) is 1. The molecule has 0 saturated carbocycles. The molecule has 2 aromatic rings. The molecule has 1 amide bonds. The Labute approximate surface area is 132 Å². The van der Waals surface area contributed by atoms with Gasteiger partial charge in [0, 0.05) is 17.7 Å². The minimum absolute atomic E-state index is 0.0689. The smallest absolute Gasteiger partial charge is 0.308 e. The summed E-state index contributed by atoms with van der Waals surface area (Å²) in [7, 11) is 0. The molecule has 0 bridgehead atoms. The molecule has 2 atom stereocenters. The molecule has 6 nitrogen and oxygen atoms in total. The third-order valence-electron chi connectivity index (χ3n) is 3.38. The maximum atomic E-state index is 12.1. The van der Waals surface area contributed by atoms with Crippen molar-refractivity contribution < 1.29 is 19.2 Å². The molecular formula is C15H15ClN2O4. The van der Waals surface area contributed by atoms with Crippen LogP contribution >= 0.6 is 11.6 Å². The number of hydrogen-bond donors (Lipinski definition) is 2. The van der Waals surface area contributed by atoms with Crippen molar-refractivity contribution in [2.45, 2.75) is 19.9 Å². The first-order valence-electron chi connectivity index (χ1n) is 6.65. The third kappa shape index (κ3) is 3.46. The van der Waals surface area contributed by atoms with E-state index in [0.717, 1.165) is 0 Å². The normalized spacial score (nSPS) is 13.4. The largest absolute Gasteiger partial charge is 0.481 e. The summed E-state index contributed by atoms with van der Waals surface area (Å²) < 4.78 is 5.13. The molecule has 2 rings (SSSR count). The lowest BCUT2D eigenvalue weighted by Crippen LogP contribution is -2.40. The number of benzene rings is 1. The fourth-order valence-electron chi connectivity index (χ4n) is 1.79. The predicted octanol–water partition coefficient (Wildman–Crippen LogP) is 2.83. The highest BCUT2D eigenvalue weighted by Gasteiger charge is 2.23. The summed E-state index contributed by atoms with van der Waals surface area (Å²) in [5, 5.41) is 15.7. The van der Waals surface area contributed by atoms with Crippen LogP contribution in [-0.4, -0.2) is 28.2 Å². The van der Waals surface area contributed by atoms with Crippen molar-refractivity contribution in [3.8, 4) is 11.3 Å². The van der Waals surface area contributed by atoms with Crippen molar-refractivity contribution in [3.63, 3.8) is 0 Å². The number of halogens is 1. The minimum atomic E-state index is -0.982. The monoisotopic (exact) mass is 322 g/mol. The van der Waals surface area contributed by atoms with Gasteiger partial charge in [-0.05, 0) is 26.0 Å². The van der Waals surface area contributed by atoms with Crippen LogP contribution in [0.5, 0.6) is 0 Å². The van der Waals surface area contributed by atoms with Gasteiger partial charge in [0.2, 0.25) is 0 Å². The average Bonchev–Trinajstić information content (AvgIpc) is 2.96. The molecule has 1 heterocycles. The molecule has 0 saturated heterocycles. The van der Waals surface area contributed by atoms with Crippen LogP contribution in [0.25, 0.3) is 11.3 Å². The van der Waals surface area contributed by atoms with Gasteiger partial charge in [0.05, 0.1) is 10.9 Å². The third-order valence-corrected chi connectivity index (χ3v) is 3.71. The zero-order valence-corrected chi connectivity index (χ0v) is 12.8. The van der Waals surface area contributed by atoms with E-state index < -0.39 is 23.8 Å². The van der Waals surface area contributed by atoms with E-state index in [1.165, 1.54) is 13.0 Å². The van der Waals surface area contributed by atoms with Crippen LogP contribution < -0.4 is 5.32 Å². The van der Waals surface area contributed by atoms with Crippen LogP contribution in [0, 0.1) is 5.92 Å². The van der Waals surface area contributed by atoms with Gasteiger partial charge in [-0.15, -0.1) is 0 Å². The fraction of sp³-hybridized carbons (Fsp3) is 0.267. The zero-order chi connectivity index (χ0) is 16.3. The van der Waals surface area contributed by atoms with E-state index in [2.05, 4.69) is 10.5 Å². The van der Waals surface area contributed by atoms with Crippen molar-refractivity contribution in [2.75, 3.05) is 0 Å². The van der Waals surface area contributed by atoms with Gasteiger partial charge >= 0.3 is 5.97 Å². The van der Waals surface area contributed by atoms with E-state index in [9.17, 15) is 9.59 Å². The first-order chi connectivity index (χ1) is 10.4. The van der Waals surface area contributed by atoms with E-state index in [0.29, 0.717) is 16.3 Å². The van der Waals surface area contributed by atoms with E-state index in [4.69, 9.17) is 21.2 Å². The number of rotatable bonds is 5. The standard InChI is InChI=1S/C15H15ClN2O4/c1-8(15(20)21)9(2)17-14(19)12-7-13(22-18-12)10-5-3-4-6-11(10)16/h3-9H,1-2H3,(H,17,19)(H,20,21). The molecule has 0 spiro atoms. The van der Waals surface area contributed by atoms with Gasteiger partial charge in [0.25, 0.3) is 5.91 Å². The number of carboxylic acids is 1. The number of carbonyl (C=O) groups excluding carboxylic acids is 1. The predicted molar refractivity (Wildman–Crippen MR) is 80.7 cm³/mol. The first kappa shape index (κ1) is 16.0. The maximum Gasteiger partial charge on any atom is 0.308 e. The number of aliphatic carboxylic acids is 1. The Kier molecular flexibility index (Phi) is 4.82. The minimum Gasteiger partial charge on any atom is -0.481 e. The van der Waals surface area contributed by atoms with Gasteiger partial charge < -0.3 is 14.9 Å². The summed E-state index contributed by atoms with van der Waals surface area (Å²) in [5.74, 6) is -1.82. The second kappa shape index (κ2) is 6.62. The summed E-state index contributed by atoms with van der Waals surface area (Å²) in [5.41, 5.74) is 0.696. The molecule has 1 aromatic heterocycles. The van der Waals surface area contributed by atoms with E-state index in [-0.39, 0.29) is 5.69 Å². The summed E-state index contributed by atoms with van der Waals surface area (Å²) >= 11 is 6.05. The molecule has 7 heteroatoms. The van der Waals surface area contributed by atoms with Crippen molar-refractivity contribution in [1.29, 1.82) is 0 Å². The Hall–Kier alpha value is -2.34. The molecule has 0 aliphatic heterocycles. The molecular weight excluding hydrogens is 308 g/mol. The van der Waals surface area contributed by atoms with Gasteiger partial charge in [-0.1, -0.05) is 28.9 Å². The van der Waals surface area contributed by atoms with Crippen molar-refractivity contribution in [1.82, 2.24) is 10.5 Å². The summed E-state index contributed by atoms with van der Waals surface area (Å²) in [6.07, 6.45) is 0. The molecule has 2 unspecified atom stereocenters. The van der Waals surface area contributed by atoms with Crippen LogP contribution in [0.3, 0.4) is 0 Å². The highest BCUT2D eigenvalue weighted by Crippen LogP contribution is 2.27. The zero-order valence-electron chi connectivity index (χ0n) is 12.0. The quantitative estimate of drug-likeness (QED) is 0.883. The van der Waals surface area contributed by atoms with Crippen molar-refractivity contribution in [3.05, 3.63) is 41.0 Å². The van der Waals surface area contributed by atoms with E-state index in [1.54, 1.807) is 31.2 Å². The Morgan fingerprint density at radius 1 is 1.32 bits per heavy atom. The molecule has 116 valence electrons. The van der Waals surface area contributed by atoms with E-state index >= 15 is 0 Å². The Balaban J connectivity index is 2.13. The number of aromatic nitrogens is 1. The Morgan fingerprint density at radius 3 is 2.64 bits per heavy atom. The highest BCUT2D eigenvalue weighted by molar-refractivity contribution is 6.33. The van der Waals surface area contributed by atoms with Crippen LogP contribution in [0.15, 0.2) is 34.9 Å². The summed E-state index contributed by atoms with van der Waals surface area (Å²) in [6.45, 7) is 3.14. The van der Waals surface area contributed by atoms with Gasteiger partial charge in [-0.3, -0.25) is 9.59 Å². The molecule has 1 aromatic carbocycles. The molecule has 0 aliphatic rings. The lowest BCUT2D eigenvalue weighted by Gasteiger charge is -2.16. The van der Waals surface area contributed by atoms with Crippen LogP contribution in [-0.2, 0) is 4.79 Å². The first-order valence-corrected chi connectivity index (χ1v) is 7.03. The molecule has 22 heavy (non-hydrogen) atoms. The number of carbonyl (C=O) groups is 2. The number of nitrogens with zero attached hydrogens (tertiary/aromatic N) is 1. The summed E-state index contributed by atoms with van der Waals surface area (Å²) in [4.78, 5) is 22.9. The number of nitrogens with one attached hydrogen (secondary N) is 1. The van der Waals surface area contributed by atoms with Gasteiger partial charge in [-0.2, -0.15) is 0 Å².